The molecule has 0 aliphatic heterocycles. The number of hydrogen-bond donors (Lipinski definition) is 0. The molecule has 2 aromatic carbocycles. The van der Waals surface area contributed by atoms with Gasteiger partial charge in [-0.15, -0.1) is 0 Å². The molecule has 8 nitrogen and oxygen atoms in total. The van der Waals surface area contributed by atoms with E-state index >= 15 is 0 Å². The fraction of sp³-hybridized carbons (Fsp3) is 0.529. The highest BCUT2D eigenvalue weighted by molar-refractivity contribution is 6.05. The van der Waals surface area contributed by atoms with Crippen molar-refractivity contribution in [3.63, 3.8) is 0 Å². The first kappa shape index (κ1) is 31.3. The lowest BCUT2D eigenvalue weighted by atomic mass is 9.87. The molecule has 2 aliphatic rings. The largest absolute Gasteiger partial charge is 0.462 e. The molecule has 0 spiro atoms. The lowest BCUT2D eigenvalue weighted by Crippen LogP contribution is -2.19. The number of carbonyl (C=O) groups excluding carboxylic acids is 4. The van der Waals surface area contributed by atoms with E-state index in [-0.39, 0.29) is 22.6 Å². The first-order valence-electron chi connectivity index (χ1n) is 15.1. The summed E-state index contributed by atoms with van der Waals surface area (Å²) in [7, 11) is 0. The summed E-state index contributed by atoms with van der Waals surface area (Å²) in [5.74, 6) is -1.11. The Balaban J connectivity index is 1.77. The van der Waals surface area contributed by atoms with E-state index in [9.17, 15) is 19.2 Å². The van der Waals surface area contributed by atoms with E-state index in [4.69, 9.17) is 18.9 Å². The van der Waals surface area contributed by atoms with Gasteiger partial charge in [-0.2, -0.15) is 0 Å². The molecule has 226 valence electrons. The minimum Gasteiger partial charge on any atom is -0.462 e. The van der Waals surface area contributed by atoms with Crippen molar-refractivity contribution in [3.05, 3.63) is 46.5 Å². The van der Waals surface area contributed by atoms with Gasteiger partial charge in [-0.3, -0.25) is 9.59 Å². The van der Waals surface area contributed by atoms with E-state index in [1.54, 1.807) is 26.0 Å². The third kappa shape index (κ3) is 8.20. The van der Waals surface area contributed by atoms with Gasteiger partial charge in [0.05, 0.1) is 24.3 Å². The van der Waals surface area contributed by atoms with Gasteiger partial charge in [0.25, 0.3) is 0 Å². The summed E-state index contributed by atoms with van der Waals surface area (Å²) in [4.78, 5) is 50.9. The molecular weight excluding hydrogens is 536 g/mol. The molecule has 2 fully saturated rings. The van der Waals surface area contributed by atoms with Gasteiger partial charge in [-0.1, -0.05) is 38.5 Å². The van der Waals surface area contributed by atoms with Crippen LogP contribution in [0.15, 0.2) is 24.3 Å². The summed E-state index contributed by atoms with van der Waals surface area (Å²) >= 11 is 0. The third-order valence-electron chi connectivity index (χ3n) is 8.18. The second kappa shape index (κ2) is 14.5. The zero-order chi connectivity index (χ0) is 30.2. The highest BCUT2D eigenvalue weighted by Crippen LogP contribution is 2.39. The van der Waals surface area contributed by atoms with Crippen molar-refractivity contribution in [2.45, 2.75) is 91.9 Å². The van der Waals surface area contributed by atoms with Crippen LogP contribution in [0, 0.1) is 25.7 Å². The molecule has 0 N–H and O–H groups in total. The van der Waals surface area contributed by atoms with Crippen LogP contribution in [-0.2, 0) is 19.1 Å². The Kier molecular flexibility index (Phi) is 10.8. The Hall–Kier alpha value is -3.68. The summed E-state index contributed by atoms with van der Waals surface area (Å²) in [5, 5.41) is 0. The van der Waals surface area contributed by atoms with Gasteiger partial charge in [-0.25, -0.2) is 9.59 Å². The number of aryl methyl sites for hydroxylation is 2. The molecule has 0 heterocycles. The molecule has 8 heteroatoms. The molecule has 2 aliphatic carbocycles. The number of esters is 4. The van der Waals surface area contributed by atoms with Crippen molar-refractivity contribution in [1.29, 1.82) is 0 Å². The first-order chi connectivity index (χ1) is 20.1. The average molecular weight is 579 g/mol. The maximum absolute atomic E-state index is 13.7. The lowest BCUT2D eigenvalue weighted by Gasteiger charge is -2.23. The summed E-state index contributed by atoms with van der Waals surface area (Å²) in [5.41, 5.74) is 2.57. The highest BCUT2D eigenvalue weighted by Gasteiger charge is 2.28. The van der Waals surface area contributed by atoms with Gasteiger partial charge in [0.2, 0.25) is 0 Å². The smallest absolute Gasteiger partial charge is 0.338 e. The van der Waals surface area contributed by atoms with Crippen LogP contribution in [0.2, 0.25) is 0 Å². The molecule has 0 amide bonds. The number of ether oxygens (including phenoxy) is 4. The summed E-state index contributed by atoms with van der Waals surface area (Å²) in [6, 6.07) is 6.30. The van der Waals surface area contributed by atoms with Crippen molar-refractivity contribution in [2.24, 2.45) is 11.8 Å². The highest BCUT2D eigenvalue weighted by atomic mass is 16.5. The number of hydrogen-bond acceptors (Lipinski definition) is 8. The Labute approximate surface area is 248 Å². The number of carbonyl (C=O) groups is 4. The maximum Gasteiger partial charge on any atom is 0.338 e. The van der Waals surface area contributed by atoms with Crippen LogP contribution >= 0.6 is 0 Å². The third-order valence-corrected chi connectivity index (χ3v) is 8.18. The predicted molar refractivity (Wildman–Crippen MR) is 158 cm³/mol. The molecular formula is C34H42O8. The van der Waals surface area contributed by atoms with Gasteiger partial charge in [-0.05, 0) is 86.8 Å². The van der Waals surface area contributed by atoms with Gasteiger partial charge in [0.1, 0.15) is 11.5 Å². The Bertz CT molecular complexity index is 1210. The molecule has 2 aromatic rings. The van der Waals surface area contributed by atoms with Crippen molar-refractivity contribution in [2.75, 3.05) is 13.2 Å². The Morgan fingerprint density at radius 2 is 0.952 bits per heavy atom. The molecule has 42 heavy (non-hydrogen) atoms. The van der Waals surface area contributed by atoms with Crippen molar-refractivity contribution in [1.82, 2.24) is 0 Å². The SMILES string of the molecule is CC(=O)Oc1cc(C)c(-c2c(C)cc(OC(C)=O)cc2C(=O)OCC2CCCCC2)c(C(=O)OCC2CCCCC2)c1. The zero-order valence-electron chi connectivity index (χ0n) is 25.2. The van der Waals surface area contributed by atoms with Gasteiger partial charge >= 0.3 is 23.9 Å². The maximum atomic E-state index is 13.7. The monoisotopic (exact) mass is 578 g/mol. The van der Waals surface area contributed by atoms with Gasteiger partial charge < -0.3 is 18.9 Å². The molecule has 4 rings (SSSR count). The fourth-order valence-electron chi connectivity index (χ4n) is 6.19. The second-order valence-electron chi connectivity index (χ2n) is 11.7. The summed E-state index contributed by atoms with van der Waals surface area (Å²) < 4.78 is 22.4. The van der Waals surface area contributed by atoms with E-state index in [1.807, 2.05) is 0 Å². The van der Waals surface area contributed by atoms with Crippen LogP contribution in [0.25, 0.3) is 11.1 Å². The van der Waals surface area contributed by atoms with E-state index in [1.165, 1.54) is 38.8 Å². The Morgan fingerprint density at radius 3 is 1.29 bits per heavy atom. The molecule has 0 atom stereocenters. The molecule has 0 radical (unpaired) electrons. The van der Waals surface area contributed by atoms with Crippen molar-refractivity contribution in [3.8, 4) is 22.6 Å². The number of rotatable bonds is 9. The summed E-state index contributed by atoms with van der Waals surface area (Å²) in [6.07, 6.45) is 10.9. The van der Waals surface area contributed by atoms with E-state index in [2.05, 4.69) is 0 Å². The van der Waals surface area contributed by atoms with Crippen molar-refractivity contribution >= 4 is 23.9 Å². The topological polar surface area (TPSA) is 105 Å². The van der Waals surface area contributed by atoms with E-state index in [0.717, 1.165) is 51.4 Å². The fourth-order valence-corrected chi connectivity index (χ4v) is 6.19. The van der Waals surface area contributed by atoms with Gasteiger partial charge in [0, 0.05) is 25.0 Å². The first-order valence-corrected chi connectivity index (χ1v) is 15.1. The minimum atomic E-state index is -0.558. The molecule has 2 saturated carbocycles. The quantitative estimate of drug-likeness (QED) is 0.226. The Morgan fingerprint density at radius 1 is 0.595 bits per heavy atom. The van der Waals surface area contributed by atoms with E-state index < -0.39 is 23.9 Å². The molecule has 0 unspecified atom stereocenters. The van der Waals surface area contributed by atoms with Crippen LogP contribution in [0.3, 0.4) is 0 Å². The van der Waals surface area contributed by atoms with Crippen LogP contribution in [0.1, 0.15) is 110 Å². The molecule has 0 saturated heterocycles. The normalized spacial score (nSPS) is 16.0. The second-order valence-corrected chi connectivity index (χ2v) is 11.7. The van der Waals surface area contributed by atoms with E-state index in [0.29, 0.717) is 47.3 Å². The van der Waals surface area contributed by atoms with Crippen LogP contribution in [0.5, 0.6) is 11.5 Å². The van der Waals surface area contributed by atoms with Crippen LogP contribution in [0.4, 0.5) is 0 Å². The molecule has 0 bridgehead atoms. The van der Waals surface area contributed by atoms with Crippen LogP contribution < -0.4 is 9.47 Å². The predicted octanol–water partition coefficient (Wildman–Crippen LogP) is 7.30. The summed E-state index contributed by atoms with van der Waals surface area (Å²) in [6.45, 7) is 6.77. The van der Waals surface area contributed by atoms with Crippen molar-refractivity contribution < 1.29 is 38.1 Å². The molecule has 0 aromatic heterocycles. The number of benzene rings is 2. The van der Waals surface area contributed by atoms with Gasteiger partial charge in [0.15, 0.2) is 0 Å². The lowest BCUT2D eigenvalue weighted by molar-refractivity contribution is -0.132. The average Bonchev–Trinajstić information content (AvgIpc) is 2.95. The standard InChI is InChI=1S/C34H42O8/c1-21-15-27(41-23(3)35)17-29(33(37)39-19-25-11-7-5-8-12-25)31(21)32-22(2)16-28(42-24(4)36)18-30(32)34(38)40-20-26-13-9-6-10-14-26/h15-18,25-26H,5-14,19-20H2,1-4H3. The zero-order valence-corrected chi connectivity index (χ0v) is 25.2. The van der Waals surface area contributed by atoms with Crippen LogP contribution in [-0.4, -0.2) is 37.1 Å². The minimum absolute atomic E-state index is 0.187.